The molecule has 0 radical (unpaired) electrons. The number of nitrogens with zero attached hydrogens (tertiary/aromatic N) is 5. The summed E-state index contributed by atoms with van der Waals surface area (Å²) in [4.78, 5) is 30.9. The number of benzene rings is 1. The number of nitro benzene ring substituents is 1. The van der Waals surface area contributed by atoms with Gasteiger partial charge >= 0.3 is 6.09 Å². The first kappa shape index (κ1) is 27.3. The van der Waals surface area contributed by atoms with Crippen molar-refractivity contribution in [3.8, 4) is 0 Å². The minimum atomic E-state index is -0.795. The van der Waals surface area contributed by atoms with Crippen LogP contribution in [0.1, 0.15) is 72.8 Å². The number of nitro groups is 1. The van der Waals surface area contributed by atoms with E-state index in [0.717, 1.165) is 24.9 Å². The summed E-state index contributed by atoms with van der Waals surface area (Å²) >= 11 is 0. The Bertz CT molecular complexity index is 1330. The number of hydrogen-bond donors (Lipinski definition) is 2. The molecule has 38 heavy (non-hydrogen) atoms. The zero-order chi connectivity index (χ0) is 27.8. The van der Waals surface area contributed by atoms with Crippen molar-refractivity contribution in [2.75, 3.05) is 16.8 Å². The number of carbonyl (C=O) groups is 1. The van der Waals surface area contributed by atoms with Gasteiger partial charge in [-0.05, 0) is 59.4 Å². The number of non-ortho nitro benzene ring substituents is 1. The second kappa shape index (κ2) is 10.2. The van der Waals surface area contributed by atoms with Crippen molar-refractivity contribution in [2.24, 2.45) is 0 Å². The fraction of sp³-hybridized carbons (Fsp3) is 0.519. The van der Waals surface area contributed by atoms with Gasteiger partial charge in [0.05, 0.1) is 16.8 Å². The Morgan fingerprint density at radius 1 is 1.32 bits per heavy atom. The van der Waals surface area contributed by atoms with E-state index in [-0.39, 0.29) is 28.9 Å². The largest absolute Gasteiger partial charge is 0.443 e. The summed E-state index contributed by atoms with van der Waals surface area (Å²) in [5.41, 5.74) is 0.946. The highest BCUT2D eigenvalue weighted by Crippen LogP contribution is 2.34. The smallest absolute Gasteiger partial charge is 0.420 e. The van der Waals surface area contributed by atoms with Crippen LogP contribution in [0.4, 0.5) is 27.8 Å². The summed E-state index contributed by atoms with van der Waals surface area (Å²) in [5.74, 6) is 1.08. The maximum absolute atomic E-state index is 13.6. The minimum Gasteiger partial charge on any atom is -0.443 e. The molecule has 0 aliphatic carbocycles. The molecule has 1 aliphatic rings. The molecule has 1 aromatic carbocycles. The molecule has 0 saturated carbocycles. The maximum Gasteiger partial charge on any atom is 0.420 e. The Morgan fingerprint density at radius 3 is 2.66 bits per heavy atom. The average Bonchev–Trinajstić information content (AvgIpc) is 3.24. The van der Waals surface area contributed by atoms with Gasteiger partial charge in [-0.25, -0.2) is 14.7 Å². The highest BCUT2D eigenvalue weighted by atomic mass is 16.6. The second-order valence-electron chi connectivity index (χ2n) is 11.7. The Morgan fingerprint density at radius 2 is 2.05 bits per heavy atom. The first-order valence-corrected chi connectivity index (χ1v) is 12.9. The quantitative estimate of drug-likeness (QED) is 0.308. The Kier molecular flexibility index (Phi) is 7.33. The highest BCUT2D eigenvalue weighted by Gasteiger charge is 2.31. The molecule has 1 unspecified atom stereocenters. The van der Waals surface area contributed by atoms with Crippen molar-refractivity contribution in [1.29, 1.82) is 0 Å². The van der Waals surface area contributed by atoms with Gasteiger partial charge in [-0.2, -0.15) is 9.61 Å². The first-order chi connectivity index (χ1) is 17.7. The zero-order valence-corrected chi connectivity index (χ0v) is 23.1. The summed E-state index contributed by atoms with van der Waals surface area (Å²) in [6.45, 7) is 14.6. The van der Waals surface area contributed by atoms with Crippen LogP contribution in [0.25, 0.3) is 5.65 Å². The normalized spacial score (nSPS) is 17.4. The molecule has 11 heteroatoms. The molecule has 1 amide bonds. The predicted molar refractivity (Wildman–Crippen MR) is 147 cm³/mol. The Labute approximate surface area is 222 Å². The molecule has 1 atom stereocenters. The SMILES string of the molecule is CC(C)c1cnn2c(N(C(=O)OC(C)(C)C)c3cccc([N+](=O)[O-])c3)cc(NC3CCC(C)(C)NC3)nc12. The summed E-state index contributed by atoms with van der Waals surface area (Å²) < 4.78 is 7.34. The Balaban J connectivity index is 1.87. The van der Waals surface area contributed by atoms with Crippen LogP contribution in [0, 0.1) is 10.1 Å². The molecule has 4 rings (SSSR count). The van der Waals surface area contributed by atoms with E-state index in [4.69, 9.17) is 9.72 Å². The number of ether oxygens (including phenoxy) is 1. The molecule has 2 N–H and O–H groups in total. The van der Waals surface area contributed by atoms with Gasteiger partial charge in [0.25, 0.3) is 5.69 Å². The van der Waals surface area contributed by atoms with Crippen molar-refractivity contribution in [2.45, 2.75) is 84.4 Å². The standard InChI is InChI=1S/C27H37N7O4/c1-17(2)21-16-29-33-23(14-22(31-24(21)33)30-18-11-12-27(6,7)28-15-18)32(25(35)38-26(3,4)5)19-9-8-10-20(13-19)34(36)37/h8-10,13-14,16-18,28H,11-12,15H2,1-7H3,(H,30,31). The predicted octanol–water partition coefficient (Wildman–Crippen LogP) is 5.78. The maximum atomic E-state index is 13.6. The van der Waals surface area contributed by atoms with E-state index in [2.05, 4.69) is 43.4 Å². The van der Waals surface area contributed by atoms with Crippen LogP contribution < -0.4 is 15.5 Å². The van der Waals surface area contributed by atoms with E-state index < -0.39 is 16.6 Å². The number of carbonyl (C=O) groups excluding carboxylic acids is 1. The molecular weight excluding hydrogens is 486 g/mol. The molecule has 0 bridgehead atoms. The first-order valence-electron chi connectivity index (χ1n) is 12.9. The van der Waals surface area contributed by atoms with Gasteiger partial charge in [-0.3, -0.25) is 10.1 Å². The number of amides is 1. The van der Waals surface area contributed by atoms with E-state index in [1.54, 1.807) is 49.7 Å². The number of hydrogen-bond acceptors (Lipinski definition) is 8. The van der Waals surface area contributed by atoms with E-state index >= 15 is 0 Å². The van der Waals surface area contributed by atoms with E-state index in [1.807, 2.05) is 0 Å². The average molecular weight is 524 g/mol. The van der Waals surface area contributed by atoms with Crippen molar-refractivity contribution in [1.82, 2.24) is 19.9 Å². The second-order valence-corrected chi connectivity index (χ2v) is 11.7. The van der Waals surface area contributed by atoms with Gasteiger partial charge in [0.1, 0.15) is 17.2 Å². The molecule has 11 nitrogen and oxygen atoms in total. The molecule has 2 aromatic heterocycles. The van der Waals surface area contributed by atoms with E-state index in [1.165, 1.54) is 17.0 Å². The molecular formula is C27H37N7O4. The summed E-state index contributed by atoms with van der Waals surface area (Å²) in [7, 11) is 0. The number of anilines is 3. The van der Waals surface area contributed by atoms with Crippen LogP contribution in [-0.4, -0.2) is 49.3 Å². The van der Waals surface area contributed by atoms with Crippen molar-refractivity contribution >= 4 is 34.8 Å². The number of rotatable bonds is 6. The van der Waals surface area contributed by atoms with Crippen LogP contribution >= 0.6 is 0 Å². The molecule has 3 aromatic rings. The number of piperidine rings is 1. The van der Waals surface area contributed by atoms with Crippen molar-refractivity contribution in [3.63, 3.8) is 0 Å². The summed E-state index contributed by atoms with van der Waals surface area (Å²) in [6.07, 6.45) is 3.02. The van der Waals surface area contributed by atoms with E-state index in [0.29, 0.717) is 17.3 Å². The lowest BCUT2D eigenvalue weighted by atomic mass is 9.91. The number of aromatic nitrogens is 3. The lowest BCUT2D eigenvalue weighted by molar-refractivity contribution is -0.384. The zero-order valence-electron chi connectivity index (χ0n) is 23.1. The van der Waals surface area contributed by atoms with Crippen LogP contribution in [0.2, 0.25) is 0 Å². The van der Waals surface area contributed by atoms with Crippen molar-refractivity contribution in [3.05, 3.63) is 52.2 Å². The number of nitrogens with one attached hydrogen (secondary N) is 2. The fourth-order valence-corrected chi connectivity index (χ4v) is 4.45. The van der Waals surface area contributed by atoms with Crippen LogP contribution in [-0.2, 0) is 4.74 Å². The Hall–Kier alpha value is -3.73. The lowest BCUT2D eigenvalue weighted by Crippen LogP contribution is -2.50. The van der Waals surface area contributed by atoms with Gasteiger partial charge in [0.15, 0.2) is 5.65 Å². The lowest BCUT2D eigenvalue weighted by Gasteiger charge is -2.36. The molecule has 1 saturated heterocycles. The fourth-order valence-electron chi connectivity index (χ4n) is 4.45. The third kappa shape index (κ3) is 6.04. The van der Waals surface area contributed by atoms with Crippen LogP contribution in [0.3, 0.4) is 0 Å². The minimum absolute atomic E-state index is 0.0759. The molecule has 3 heterocycles. The van der Waals surface area contributed by atoms with Gasteiger partial charge in [0.2, 0.25) is 0 Å². The van der Waals surface area contributed by atoms with Gasteiger partial charge in [0, 0.05) is 41.9 Å². The third-order valence-electron chi connectivity index (χ3n) is 6.50. The molecule has 0 spiro atoms. The molecule has 1 fully saturated rings. The number of fused-ring (bicyclic) bond motifs is 1. The highest BCUT2D eigenvalue weighted by molar-refractivity contribution is 5.96. The third-order valence-corrected chi connectivity index (χ3v) is 6.50. The van der Waals surface area contributed by atoms with Gasteiger partial charge in [-0.1, -0.05) is 19.9 Å². The summed E-state index contributed by atoms with van der Waals surface area (Å²) in [6, 6.07) is 7.80. The van der Waals surface area contributed by atoms with E-state index in [9.17, 15) is 14.9 Å². The van der Waals surface area contributed by atoms with Crippen molar-refractivity contribution < 1.29 is 14.5 Å². The molecule has 1 aliphatic heterocycles. The van der Waals surface area contributed by atoms with Gasteiger partial charge in [-0.15, -0.1) is 0 Å². The topological polar surface area (TPSA) is 127 Å². The van der Waals surface area contributed by atoms with Crippen LogP contribution in [0.5, 0.6) is 0 Å². The molecule has 204 valence electrons. The van der Waals surface area contributed by atoms with Gasteiger partial charge < -0.3 is 15.4 Å². The van der Waals surface area contributed by atoms with Crippen LogP contribution in [0.15, 0.2) is 36.5 Å². The summed E-state index contributed by atoms with van der Waals surface area (Å²) in [5, 5.41) is 23.2. The monoisotopic (exact) mass is 523 g/mol.